The third-order valence-corrected chi connectivity index (χ3v) is 2.74. The first-order valence-electron chi connectivity index (χ1n) is 5.63. The zero-order chi connectivity index (χ0) is 13.7. The maximum atomic E-state index is 11.7. The monoisotopic (exact) mass is 277 g/mol. The summed E-state index contributed by atoms with van der Waals surface area (Å²) < 4.78 is 0. The summed E-state index contributed by atoms with van der Waals surface area (Å²) in [7, 11) is 0. The van der Waals surface area contributed by atoms with Gasteiger partial charge in [-0.15, -0.1) is 0 Å². The molecular weight excluding hydrogens is 266 g/mol. The first-order valence-corrected chi connectivity index (χ1v) is 6.00. The van der Waals surface area contributed by atoms with E-state index in [4.69, 9.17) is 11.6 Å². The number of hydrogen-bond donors (Lipinski definition) is 3. The van der Waals surface area contributed by atoms with Gasteiger partial charge in [-0.05, 0) is 24.3 Å². The van der Waals surface area contributed by atoms with Crippen LogP contribution in [0.1, 0.15) is 0 Å². The fourth-order valence-corrected chi connectivity index (χ4v) is 1.70. The second-order valence-electron chi connectivity index (χ2n) is 3.79. The highest BCUT2D eigenvalue weighted by atomic mass is 35.5. The number of aromatic amines is 1. The number of amides is 1. The van der Waals surface area contributed by atoms with Crippen molar-refractivity contribution in [2.45, 2.75) is 0 Å². The average Bonchev–Trinajstić information content (AvgIpc) is 2.40. The third-order valence-electron chi connectivity index (χ3n) is 2.41. The second-order valence-corrected chi connectivity index (χ2v) is 4.20. The lowest BCUT2D eigenvalue weighted by molar-refractivity contribution is -0.114. The summed E-state index contributed by atoms with van der Waals surface area (Å²) in [6, 6.07) is 10.3. The fourth-order valence-electron chi connectivity index (χ4n) is 1.49. The van der Waals surface area contributed by atoms with Crippen molar-refractivity contribution in [3.8, 4) is 0 Å². The molecule has 0 saturated heterocycles. The highest BCUT2D eigenvalue weighted by Gasteiger charge is 2.05. The Morgan fingerprint density at radius 1 is 1.16 bits per heavy atom. The Labute approximate surface area is 114 Å². The predicted octanol–water partition coefficient (Wildman–Crippen LogP) is 2.08. The van der Waals surface area contributed by atoms with Crippen molar-refractivity contribution in [2.24, 2.45) is 0 Å². The number of H-pyrrole nitrogens is 1. The lowest BCUT2D eigenvalue weighted by Crippen LogP contribution is -2.25. The van der Waals surface area contributed by atoms with Crippen LogP contribution in [0.4, 0.5) is 11.4 Å². The van der Waals surface area contributed by atoms with Gasteiger partial charge in [0, 0.05) is 6.20 Å². The lowest BCUT2D eigenvalue weighted by atomic mass is 10.3. The van der Waals surface area contributed by atoms with E-state index in [1.165, 1.54) is 12.3 Å². The van der Waals surface area contributed by atoms with Crippen molar-refractivity contribution in [3.63, 3.8) is 0 Å². The van der Waals surface area contributed by atoms with E-state index in [0.717, 1.165) is 0 Å². The molecule has 98 valence electrons. The Morgan fingerprint density at radius 2 is 1.89 bits per heavy atom. The minimum Gasteiger partial charge on any atom is -0.375 e. The number of para-hydroxylation sites is 1. The van der Waals surface area contributed by atoms with Crippen molar-refractivity contribution < 1.29 is 4.79 Å². The Morgan fingerprint density at radius 3 is 2.63 bits per heavy atom. The minimum absolute atomic E-state index is 0.0259. The van der Waals surface area contributed by atoms with Gasteiger partial charge < -0.3 is 15.6 Å². The van der Waals surface area contributed by atoms with Crippen LogP contribution in [0.25, 0.3) is 0 Å². The summed E-state index contributed by atoms with van der Waals surface area (Å²) >= 11 is 5.94. The van der Waals surface area contributed by atoms with Crippen LogP contribution in [-0.4, -0.2) is 17.4 Å². The normalized spacial score (nSPS) is 9.95. The van der Waals surface area contributed by atoms with Crippen LogP contribution in [0.3, 0.4) is 0 Å². The standard InChI is InChI=1S/C13H12ClN3O2/c14-9-4-1-2-5-10(9)16-8-12(18)17-11-6-3-7-15-13(11)19/h1-7,16H,8H2,(H,15,19)(H,17,18). The van der Waals surface area contributed by atoms with Gasteiger partial charge in [0.15, 0.2) is 0 Å². The van der Waals surface area contributed by atoms with Gasteiger partial charge in [-0.2, -0.15) is 0 Å². The molecule has 0 aliphatic rings. The zero-order valence-corrected chi connectivity index (χ0v) is 10.7. The molecule has 6 heteroatoms. The SMILES string of the molecule is O=C(CNc1ccccc1Cl)Nc1ccc[nH]c1=O. The highest BCUT2D eigenvalue weighted by Crippen LogP contribution is 2.19. The van der Waals surface area contributed by atoms with Gasteiger partial charge in [0.2, 0.25) is 5.91 Å². The molecule has 0 bridgehead atoms. The number of benzene rings is 1. The molecule has 0 aliphatic carbocycles. The molecule has 2 aromatic rings. The molecule has 0 aliphatic heterocycles. The van der Waals surface area contributed by atoms with Gasteiger partial charge in [-0.25, -0.2) is 0 Å². The molecule has 1 amide bonds. The van der Waals surface area contributed by atoms with Crippen LogP contribution in [0.5, 0.6) is 0 Å². The van der Waals surface area contributed by atoms with Crippen LogP contribution in [-0.2, 0) is 4.79 Å². The van der Waals surface area contributed by atoms with E-state index < -0.39 is 0 Å². The summed E-state index contributed by atoms with van der Waals surface area (Å²) in [6.07, 6.45) is 1.50. The van der Waals surface area contributed by atoms with Crippen molar-refractivity contribution in [1.82, 2.24) is 4.98 Å². The van der Waals surface area contributed by atoms with E-state index in [1.54, 1.807) is 24.3 Å². The van der Waals surface area contributed by atoms with Gasteiger partial charge in [0.1, 0.15) is 5.69 Å². The largest absolute Gasteiger partial charge is 0.375 e. The summed E-state index contributed by atoms with van der Waals surface area (Å²) in [5.74, 6) is -0.323. The Kier molecular flexibility index (Phi) is 4.20. The van der Waals surface area contributed by atoms with E-state index in [1.807, 2.05) is 6.07 Å². The van der Waals surface area contributed by atoms with Crippen LogP contribution in [0, 0.1) is 0 Å². The molecule has 0 radical (unpaired) electrons. The van der Waals surface area contributed by atoms with E-state index in [2.05, 4.69) is 15.6 Å². The van der Waals surface area contributed by atoms with Crippen LogP contribution < -0.4 is 16.2 Å². The molecule has 1 heterocycles. The average molecular weight is 278 g/mol. The van der Waals surface area contributed by atoms with E-state index in [0.29, 0.717) is 10.7 Å². The molecule has 1 aromatic carbocycles. The Balaban J connectivity index is 1.94. The lowest BCUT2D eigenvalue weighted by Gasteiger charge is -2.08. The van der Waals surface area contributed by atoms with Crippen LogP contribution in [0.2, 0.25) is 5.02 Å². The summed E-state index contributed by atoms with van der Waals surface area (Å²) in [5.41, 5.74) is 0.545. The number of hydrogen-bond acceptors (Lipinski definition) is 3. The molecule has 0 atom stereocenters. The molecule has 0 fully saturated rings. The minimum atomic E-state index is -0.339. The maximum Gasteiger partial charge on any atom is 0.271 e. The Hall–Kier alpha value is -2.27. The quantitative estimate of drug-likeness (QED) is 0.801. The van der Waals surface area contributed by atoms with Gasteiger partial charge in [-0.3, -0.25) is 9.59 Å². The number of carbonyl (C=O) groups is 1. The van der Waals surface area contributed by atoms with E-state index >= 15 is 0 Å². The predicted molar refractivity (Wildman–Crippen MR) is 75.6 cm³/mol. The van der Waals surface area contributed by atoms with Gasteiger partial charge >= 0.3 is 0 Å². The zero-order valence-electron chi connectivity index (χ0n) is 9.94. The molecule has 2 rings (SSSR count). The maximum absolute atomic E-state index is 11.7. The number of aromatic nitrogens is 1. The third kappa shape index (κ3) is 3.59. The number of halogens is 1. The van der Waals surface area contributed by atoms with Gasteiger partial charge in [0.05, 0.1) is 17.3 Å². The summed E-state index contributed by atoms with van der Waals surface area (Å²) in [5, 5.41) is 5.94. The molecule has 0 spiro atoms. The molecular formula is C13H12ClN3O2. The van der Waals surface area contributed by atoms with E-state index in [-0.39, 0.29) is 23.7 Å². The fraction of sp³-hybridized carbons (Fsp3) is 0.0769. The second kappa shape index (κ2) is 6.06. The van der Waals surface area contributed by atoms with Gasteiger partial charge in [0.25, 0.3) is 5.56 Å². The topological polar surface area (TPSA) is 74.0 Å². The first-order chi connectivity index (χ1) is 9.16. The molecule has 3 N–H and O–H groups in total. The number of pyridine rings is 1. The molecule has 19 heavy (non-hydrogen) atoms. The van der Waals surface area contributed by atoms with Crippen molar-refractivity contribution in [3.05, 3.63) is 58.0 Å². The van der Waals surface area contributed by atoms with Crippen LogP contribution >= 0.6 is 11.6 Å². The highest BCUT2D eigenvalue weighted by molar-refractivity contribution is 6.33. The van der Waals surface area contributed by atoms with Crippen molar-refractivity contribution >= 4 is 28.9 Å². The molecule has 0 saturated carbocycles. The number of rotatable bonds is 4. The molecule has 1 aromatic heterocycles. The number of carbonyl (C=O) groups excluding carboxylic acids is 1. The van der Waals surface area contributed by atoms with Crippen LogP contribution in [0.15, 0.2) is 47.4 Å². The smallest absolute Gasteiger partial charge is 0.271 e. The molecule has 0 unspecified atom stereocenters. The number of anilines is 2. The Bertz CT molecular complexity index is 640. The van der Waals surface area contributed by atoms with Crippen molar-refractivity contribution in [2.75, 3.05) is 17.2 Å². The first kappa shape index (κ1) is 13.2. The summed E-state index contributed by atoms with van der Waals surface area (Å²) in [6.45, 7) is 0.0259. The molecule has 5 nitrogen and oxygen atoms in total. The number of nitrogens with one attached hydrogen (secondary N) is 3. The van der Waals surface area contributed by atoms with E-state index in [9.17, 15) is 9.59 Å². The van der Waals surface area contributed by atoms with Crippen molar-refractivity contribution in [1.29, 1.82) is 0 Å². The van der Waals surface area contributed by atoms with Gasteiger partial charge in [-0.1, -0.05) is 23.7 Å². The summed E-state index contributed by atoms with van der Waals surface area (Å²) in [4.78, 5) is 25.5.